The molecule has 2 N–H and O–H groups in total. The highest BCUT2D eigenvalue weighted by molar-refractivity contribution is 8.26. The minimum Gasteiger partial charge on any atom is -0.479 e. The van der Waals surface area contributed by atoms with Crippen LogP contribution in [0.5, 0.6) is 5.75 Å². The molecule has 0 bridgehead atoms. The van der Waals surface area contributed by atoms with E-state index in [2.05, 4.69) is 0 Å². The topological polar surface area (TPSA) is 87.1 Å². The van der Waals surface area contributed by atoms with E-state index in [1.807, 2.05) is 0 Å². The van der Waals surface area contributed by atoms with Crippen molar-refractivity contribution in [2.75, 3.05) is 13.2 Å². The molecule has 8 heteroatoms. The Hall–Kier alpha value is -1.90. The lowest BCUT2D eigenvalue weighted by molar-refractivity contribution is -0.145. The number of aliphatic carboxylic acids is 1. The molecule has 0 aliphatic carbocycles. The summed E-state index contributed by atoms with van der Waals surface area (Å²) in [6, 6.07) is 6.95. The molecule has 1 aromatic rings. The monoisotopic (exact) mass is 381 g/mol. The summed E-state index contributed by atoms with van der Waals surface area (Å²) >= 11 is 6.40. The van der Waals surface area contributed by atoms with Crippen LogP contribution in [0.15, 0.2) is 29.2 Å². The molecule has 1 unspecified atom stereocenters. The van der Waals surface area contributed by atoms with Crippen LogP contribution in [0.3, 0.4) is 0 Å². The zero-order valence-corrected chi connectivity index (χ0v) is 15.3. The first-order chi connectivity index (χ1) is 12.0. The van der Waals surface area contributed by atoms with E-state index in [0.29, 0.717) is 39.9 Å². The van der Waals surface area contributed by atoms with Crippen molar-refractivity contribution < 1.29 is 24.5 Å². The minimum atomic E-state index is -1.03. The van der Waals surface area contributed by atoms with Crippen LogP contribution < -0.4 is 4.74 Å². The fourth-order valence-electron chi connectivity index (χ4n) is 2.23. The van der Waals surface area contributed by atoms with Gasteiger partial charge < -0.3 is 14.9 Å². The number of aliphatic hydroxyl groups excluding tert-OH is 1. The summed E-state index contributed by atoms with van der Waals surface area (Å²) in [7, 11) is 0. The second kappa shape index (κ2) is 8.98. The van der Waals surface area contributed by atoms with Gasteiger partial charge >= 0.3 is 5.97 Å². The number of carbonyl (C=O) groups is 2. The number of nitrogens with zero attached hydrogens (tertiary/aromatic N) is 1. The smallest absolute Gasteiger partial charge is 0.344 e. The van der Waals surface area contributed by atoms with E-state index in [9.17, 15) is 9.59 Å². The molecule has 0 aromatic heterocycles. The number of amides is 1. The quantitative estimate of drug-likeness (QED) is 0.528. The Morgan fingerprint density at radius 1 is 1.44 bits per heavy atom. The number of hydrogen-bond acceptors (Lipinski definition) is 6. The van der Waals surface area contributed by atoms with E-state index in [-0.39, 0.29) is 12.5 Å². The normalized spacial score (nSPS) is 17.2. The molecule has 1 saturated heterocycles. The summed E-state index contributed by atoms with van der Waals surface area (Å²) < 4.78 is 6.02. The third kappa shape index (κ3) is 4.81. The minimum absolute atomic E-state index is 0.0135. The molecule has 0 spiro atoms. The summed E-state index contributed by atoms with van der Waals surface area (Å²) in [6.45, 7) is 2.08. The highest BCUT2D eigenvalue weighted by Crippen LogP contribution is 2.34. The molecule has 0 radical (unpaired) electrons. The van der Waals surface area contributed by atoms with E-state index in [1.54, 1.807) is 37.3 Å². The number of ether oxygens (including phenoxy) is 1. The van der Waals surface area contributed by atoms with Gasteiger partial charge in [-0.2, -0.15) is 0 Å². The van der Waals surface area contributed by atoms with E-state index in [1.165, 1.54) is 16.7 Å². The Bertz CT molecular complexity index is 704. The zero-order chi connectivity index (χ0) is 18.4. The summed E-state index contributed by atoms with van der Waals surface area (Å²) in [4.78, 5) is 25.5. The second-order valence-electron chi connectivity index (χ2n) is 5.30. The number of para-hydroxylation sites is 1. The maximum Gasteiger partial charge on any atom is 0.344 e. The maximum absolute atomic E-state index is 12.5. The molecule has 6 nitrogen and oxygen atoms in total. The molecule has 1 atom stereocenters. The largest absolute Gasteiger partial charge is 0.479 e. The summed E-state index contributed by atoms with van der Waals surface area (Å²) in [5, 5.41) is 18.1. The second-order valence-corrected chi connectivity index (χ2v) is 6.98. The molecule has 134 valence electrons. The van der Waals surface area contributed by atoms with E-state index < -0.39 is 12.1 Å². The fourth-order valence-corrected chi connectivity index (χ4v) is 3.53. The standard InChI is InChI=1S/C17H19NO5S2/c1-2-12(16(21)22)23-13-7-4-3-6-11(13)10-14-15(20)18(8-5-9-19)17(24)25-14/h3-4,6-7,10,12,19H,2,5,8-9H2,1H3,(H,21,22)/b14-10-. The Kier molecular flexibility index (Phi) is 6.98. The molecule has 1 fully saturated rings. The highest BCUT2D eigenvalue weighted by atomic mass is 32.2. The van der Waals surface area contributed by atoms with Crippen molar-refractivity contribution in [3.05, 3.63) is 34.7 Å². The summed E-state index contributed by atoms with van der Waals surface area (Å²) in [5.74, 6) is -0.853. The number of thioether (sulfide) groups is 1. The number of benzene rings is 1. The van der Waals surface area contributed by atoms with Crippen molar-refractivity contribution in [3.63, 3.8) is 0 Å². The van der Waals surface area contributed by atoms with Crippen molar-refractivity contribution in [1.82, 2.24) is 4.90 Å². The number of rotatable bonds is 8. The molecule has 25 heavy (non-hydrogen) atoms. The third-order valence-corrected chi connectivity index (χ3v) is 4.91. The van der Waals surface area contributed by atoms with E-state index >= 15 is 0 Å². The van der Waals surface area contributed by atoms with E-state index in [0.717, 1.165) is 0 Å². The summed E-state index contributed by atoms with van der Waals surface area (Å²) in [5.41, 5.74) is 0.616. The lowest BCUT2D eigenvalue weighted by Gasteiger charge is -2.15. The lowest BCUT2D eigenvalue weighted by atomic mass is 10.1. The van der Waals surface area contributed by atoms with Crippen molar-refractivity contribution in [3.8, 4) is 5.75 Å². The predicted molar refractivity (Wildman–Crippen MR) is 100 cm³/mol. The molecule has 1 heterocycles. The molecule has 0 saturated carbocycles. The predicted octanol–water partition coefficient (Wildman–Crippen LogP) is 2.51. The molecule has 1 aromatic carbocycles. The van der Waals surface area contributed by atoms with Gasteiger partial charge in [0.25, 0.3) is 5.91 Å². The lowest BCUT2D eigenvalue weighted by Crippen LogP contribution is -2.29. The van der Waals surface area contributed by atoms with Crippen LogP contribution in [0.1, 0.15) is 25.3 Å². The number of thiocarbonyl (C=S) groups is 1. The summed E-state index contributed by atoms with van der Waals surface area (Å²) in [6.07, 6.45) is 1.49. The van der Waals surface area contributed by atoms with Gasteiger partial charge in [-0.15, -0.1) is 0 Å². The van der Waals surface area contributed by atoms with Gasteiger partial charge in [-0.25, -0.2) is 4.79 Å². The van der Waals surface area contributed by atoms with Crippen LogP contribution >= 0.6 is 24.0 Å². The molecule has 1 aliphatic heterocycles. The molecular weight excluding hydrogens is 362 g/mol. The zero-order valence-electron chi connectivity index (χ0n) is 13.7. The van der Waals surface area contributed by atoms with Crippen molar-refractivity contribution in [2.24, 2.45) is 0 Å². The first-order valence-electron chi connectivity index (χ1n) is 7.82. The average Bonchev–Trinajstić information content (AvgIpc) is 2.85. The van der Waals surface area contributed by atoms with Crippen LogP contribution in [0.25, 0.3) is 6.08 Å². The van der Waals surface area contributed by atoms with Crippen LogP contribution in [-0.2, 0) is 9.59 Å². The highest BCUT2D eigenvalue weighted by Gasteiger charge is 2.31. The van der Waals surface area contributed by atoms with Gasteiger partial charge in [-0.3, -0.25) is 9.69 Å². The fraction of sp³-hybridized carbons (Fsp3) is 0.353. The molecule has 1 amide bonds. The Morgan fingerprint density at radius 2 is 2.16 bits per heavy atom. The van der Waals surface area contributed by atoms with Crippen molar-refractivity contribution >= 4 is 46.3 Å². The van der Waals surface area contributed by atoms with Gasteiger partial charge in [0, 0.05) is 18.7 Å². The molecular formula is C17H19NO5S2. The molecule has 2 rings (SSSR count). The first-order valence-corrected chi connectivity index (χ1v) is 9.05. The van der Waals surface area contributed by atoms with E-state index in [4.69, 9.17) is 27.2 Å². The van der Waals surface area contributed by atoms with Gasteiger partial charge in [0.2, 0.25) is 0 Å². The number of carboxylic acids is 1. The van der Waals surface area contributed by atoms with Crippen LogP contribution in [0.2, 0.25) is 0 Å². The van der Waals surface area contributed by atoms with Gasteiger partial charge in [0.05, 0.1) is 4.91 Å². The van der Waals surface area contributed by atoms with Gasteiger partial charge in [0.1, 0.15) is 10.1 Å². The third-order valence-electron chi connectivity index (χ3n) is 3.53. The SMILES string of the molecule is CCC(Oc1ccccc1/C=C1\SC(=S)N(CCCO)C1=O)C(=O)O. The number of hydrogen-bond donors (Lipinski definition) is 2. The van der Waals surface area contributed by atoms with Crippen LogP contribution in [-0.4, -0.2) is 50.6 Å². The van der Waals surface area contributed by atoms with Gasteiger partial charge in [0.15, 0.2) is 6.10 Å². The Labute approximate surface area is 155 Å². The van der Waals surface area contributed by atoms with Crippen LogP contribution in [0, 0.1) is 0 Å². The molecule has 1 aliphatic rings. The maximum atomic E-state index is 12.5. The first kappa shape index (κ1) is 19.4. The Balaban J connectivity index is 2.25. The van der Waals surface area contributed by atoms with Crippen molar-refractivity contribution in [2.45, 2.75) is 25.9 Å². The number of carboxylic acid groups (broad SMARTS) is 1. The van der Waals surface area contributed by atoms with Crippen LogP contribution in [0.4, 0.5) is 0 Å². The number of aliphatic hydroxyl groups is 1. The number of carbonyl (C=O) groups excluding carboxylic acids is 1. The van der Waals surface area contributed by atoms with Gasteiger partial charge in [-0.1, -0.05) is 49.1 Å². The van der Waals surface area contributed by atoms with Gasteiger partial charge in [-0.05, 0) is 25.0 Å². The Morgan fingerprint density at radius 3 is 2.80 bits per heavy atom. The van der Waals surface area contributed by atoms with Crippen molar-refractivity contribution in [1.29, 1.82) is 0 Å². The average molecular weight is 381 g/mol.